The van der Waals surface area contributed by atoms with Crippen molar-refractivity contribution in [3.63, 3.8) is 0 Å². The zero-order chi connectivity index (χ0) is 18.1. The number of thioether (sulfide) groups is 1. The maximum absolute atomic E-state index is 12.9. The molecular weight excluding hydrogens is 354 g/mol. The second-order valence-electron chi connectivity index (χ2n) is 5.71. The lowest BCUT2D eigenvalue weighted by Gasteiger charge is -2.17. The largest absolute Gasteiger partial charge is 0.504 e. The van der Waals surface area contributed by atoms with Gasteiger partial charge >= 0.3 is 0 Å². The van der Waals surface area contributed by atoms with Gasteiger partial charge in [-0.2, -0.15) is 0 Å². The lowest BCUT2D eigenvalue weighted by molar-refractivity contribution is -0.113. The zero-order valence-corrected chi connectivity index (χ0v) is 15.7. The van der Waals surface area contributed by atoms with Crippen LogP contribution in [-0.2, 0) is 4.79 Å². The molecule has 0 aliphatic carbocycles. The molecule has 1 amide bonds. The van der Waals surface area contributed by atoms with E-state index in [0.29, 0.717) is 20.5 Å². The van der Waals surface area contributed by atoms with Gasteiger partial charge in [0.15, 0.2) is 15.8 Å². The van der Waals surface area contributed by atoms with Gasteiger partial charge in [-0.05, 0) is 37.6 Å². The van der Waals surface area contributed by atoms with Gasteiger partial charge in [-0.3, -0.25) is 9.69 Å². The Morgan fingerprint density at radius 2 is 2.00 bits per heavy atom. The first-order chi connectivity index (χ1) is 11.9. The molecule has 3 rings (SSSR count). The van der Waals surface area contributed by atoms with E-state index in [1.165, 1.54) is 23.8 Å². The number of carbonyl (C=O) groups excluding carboxylic acids is 1. The van der Waals surface area contributed by atoms with Crippen LogP contribution in [0.25, 0.3) is 6.08 Å². The summed E-state index contributed by atoms with van der Waals surface area (Å²) in [5, 5.41) is 10.2. The van der Waals surface area contributed by atoms with E-state index in [9.17, 15) is 9.90 Å². The Bertz CT molecular complexity index is 906. The summed E-state index contributed by atoms with van der Waals surface area (Å²) >= 11 is 6.63. The number of benzene rings is 2. The van der Waals surface area contributed by atoms with Gasteiger partial charge in [-0.1, -0.05) is 53.8 Å². The van der Waals surface area contributed by atoms with Crippen LogP contribution in [0.5, 0.6) is 11.5 Å². The third-order valence-corrected chi connectivity index (χ3v) is 5.23. The van der Waals surface area contributed by atoms with Crippen LogP contribution in [0.3, 0.4) is 0 Å². The topological polar surface area (TPSA) is 49.8 Å². The van der Waals surface area contributed by atoms with Crippen molar-refractivity contribution in [2.75, 3.05) is 12.0 Å². The number of para-hydroxylation sites is 1. The lowest BCUT2D eigenvalue weighted by Crippen LogP contribution is -2.28. The number of rotatable bonds is 3. The monoisotopic (exact) mass is 371 g/mol. The molecule has 0 radical (unpaired) electrons. The van der Waals surface area contributed by atoms with E-state index < -0.39 is 0 Å². The lowest BCUT2D eigenvalue weighted by atomic mass is 10.1. The maximum atomic E-state index is 12.9. The molecule has 1 heterocycles. The van der Waals surface area contributed by atoms with E-state index in [2.05, 4.69) is 0 Å². The predicted molar refractivity (Wildman–Crippen MR) is 106 cm³/mol. The van der Waals surface area contributed by atoms with Gasteiger partial charge in [-0.25, -0.2) is 0 Å². The number of hydrogen-bond acceptors (Lipinski definition) is 5. The highest BCUT2D eigenvalue weighted by Crippen LogP contribution is 2.39. The molecule has 0 bridgehead atoms. The van der Waals surface area contributed by atoms with Crippen molar-refractivity contribution in [3.8, 4) is 11.5 Å². The predicted octanol–water partition coefficient (Wildman–Crippen LogP) is 4.42. The molecule has 6 heteroatoms. The Kier molecular flexibility index (Phi) is 4.83. The van der Waals surface area contributed by atoms with Crippen LogP contribution >= 0.6 is 24.0 Å². The number of anilines is 1. The fourth-order valence-electron chi connectivity index (χ4n) is 2.69. The summed E-state index contributed by atoms with van der Waals surface area (Å²) in [7, 11) is 1.48. The molecule has 1 aliphatic heterocycles. The highest BCUT2D eigenvalue weighted by Gasteiger charge is 2.34. The van der Waals surface area contributed by atoms with Crippen LogP contribution in [0.15, 0.2) is 41.3 Å². The number of ether oxygens (including phenoxy) is 1. The highest BCUT2D eigenvalue weighted by molar-refractivity contribution is 8.27. The fraction of sp³-hybridized carbons (Fsp3) is 0.158. The maximum Gasteiger partial charge on any atom is 0.270 e. The molecule has 4 nitrogen and oxygen atoms in total. The number of amides is 1. The van der Waals surface area contributed by atoms with Crippen molar-refractivity contribution in [2.24, 2.45) is 0 Å². The SMILES string of the molecule is COc1cccc(/C=C2\SC(=S)N(c3ccc(C)cc3C)C2=O)c1O. The number of hydrogen-bond donors (Lipinski definition) is 1. The van der Waals surface area contributed by atoms with Crippen molar-refractivity contribution < 1.29 is 14.6 Å². The molecule has 1 saturated heterocycles. The Hall–Kier alpha value is -2.31. The fourth-order valence-corrected chi connectivity index (χ4v) is 3.97. The van der Waals surface area contributed by atoms with Gasteiger partial charge in [0, 0.05) is 5.56 Å². The van der Waals surface area contributed by atoms with Crippen LogP contribution < -0.4 is 9.64 Å². The second-order valence-corrected chi connectivity index (χ2v) is 7.38. The van der Waals surface area contributed by atoms with Gasteiger partial charge in [-0.15, -0.1) is 0 Å². The number of aryl methyl sites for hydroxylation is 2. The van der Waals surface area contributed by atoms with Crippen LogP contribution in [0, 0.1) is 13.8 Å². The Morgan fingerprint density at radius 1 is 1.24 bits per heavy atom. The average Bonchev–Trinajstić information content (AvgIpc) is 2.84. The van der Waals surface area contributed by atoms with E-state index in [4.69, 9.17) is 17.0 Å². The molecule has 25 heavy (non-hydrogen) atoms. The first-order valence-corrected chi connectivity index (χ1v) is 8.86. The summed E-state index contributed by atoms with van der Waals surface area (Å²) in [4.78, 5) is 14.9. The Morgan fingerprint density at radius 3 is 2.68 bits per heavy atom. The average molecular weight is 371 g/mol. The summed E-state index contributed by atoms with van der Waals surface area (Å²) in [6.45, 7) is 3.96. The van der Waals surface area contributed by atoms with E-state index in [0.717, 1.165) is 16.8 Å². The minimum absolute atomic E-state index is 0.00165. The quantitative estimate of drug-likeness (QED) is 0.639. The first kappa shape index (κ1) is 17.5. The molecule has 0 saturated carbocycles. The van der Waals surface area contributed by atoms with Crippen LogP contribution in [0.4, 0.5) is 5.69 Å². The standard InChI is InChI=1S/C19H17NO3S2/c1-11-7-8-14(12(2)9-11)20-18(22)16(25-19(20)24)10-13-5-4-6-15(23-3)17(13)21/h4-10,21H,1-3H3/b16-10-. The number of methoxy groups -OCH3 is 1. The molecule has 0 spiro atoms. The number of phenolic OH excluding ortho intramolecular Hbond substituents is 1. The number of phenols is 1. The number of nitrogens with zero attached hydrogens (tertiary/aromatic N) is 1. The number of thiocarbonyl (C=S) groups is 1. The molecular formula is C19H17NO3S2. The van der Waals surface area contributed by atoms with Crippen LogP contribution in [0.2, 0.25) is 0 Å². The highest BCUT2D eigenvalue weighted by atomic mass is 32.2. The molecule has 2 aromatic rings. The van der Waals surface area contributed by atoms with Crippen LogP contribution in [0.1, 0.15) is 16.7 Å². The number of carbonyl (C=O) groups is 1. The van der Waals surface area contributed by atoms with E-state index >= 15 is 0 Å². The van der Waals surface area contributed by atoms with E-state index in [1.54, 1.807) is 24.3 Å². The zero-order valence-electron chi connectivity index (χ0n) is 14.1. The first-order valence-electron chi connectivity index (χ1n) is 7.63. The van der Waals surface area contributed by atoms with Crippen molar-refractivity contribution in [2.45, 2.75) is 13.8 Å². The van der Waals surface area contributed by atoms with Crippen molar-refractivity contribution in [1.29, 1.82) is 0 Å². The Labute approximate surface area is 156 Å². The van der Waals surface area contributed by atoms with Gasteiger partial charge in [0.25, 0.3) is 5.91 Å². The third-order valence-electron chi connectivity index (χ3n) is 3.92. The summed E-state index contributed by atoms with van der Waals surface area (Å²) in [5.41, 5.74) is 3.41. The van der Waals surface area contributed by atoms with Gasteiger partial charge < -0.3 is 9.84 Å². The van der Waals surface area contributed by atoms with Crippen molar-refractivity contribution >= 4 is 46.0 Å². The molecule has 0 atom stereocenters. The van der Waals surface area contributed by atoms with Gasteiger partial charge in [0.05, 0.1) is 17.7 Å². The summed E-state index contributed by atoms with van der Waals surface area (Å²) in [5.74, 6) is 0.171. The molecule has 1 N–H and O–H groups in total. The minimum Gasteiger partial charge on any atom is -0.504 e. The summed E-state index contributed by atoms with van der Waals surface area (Å²) in [6.07, 6.45) is 1.64. The molecule has 128 valence electrons. The second kappa shape index (κ2) is 6.90. The van der Waals surface area contributed by atoms with Crippen molar-refractivity contribution in [3.05, 3.63) is 58.0 Å². The molecule has 1 fully saturated rings. The normalized spacial score (nSPS) is 16.0. The number of aromatic hydroxyl groups is 1. The Balaban J connectivity index is 1.99. The summed E-state index contributed by atoms with van der Waals surface area (Å²) < 4.78 is 5.59. The molecule has 0 unspecified atom stereocenters. The molecule has 1 aliphatic rings. The molecule has 2 aromatic carbocycles. The van der Waals surface area contributed by atoms with Gasteiger partial charge in [0.2, 0.25) is 0 Å². The molecule has 0 aromatic heterocycles. The van der Waals surface area contributed by atoms with E-state index in [-0.39, 0.29) is 11.7 Å². The van der Waals surface area contributed by atoms with Crippen LogP contribution in [-0.4, -0.2) is 22.4 Å². The third kappa shape index (κ3) is 3.27. The van der Waals surface area contributed by atoms with Crippen molar-refractivity contribution in [1.82, 2.24) is 0 Å². The van der Waals surface area contributed by atoms with E-state index in [1.807, 2.05) is 32.0 Å². The summed E-state index contributed by atoms with van der Waals surface area (Å²) in [6, 6.07) is 11.0. The van der Waals surface area contributed by atoms with Gasteiger partial charge in [0.1, 0.15) is 0 Å². The smallest absolute Gasteiger partial charge is 0.270 e. The minimum atomic E-state index is -0.191.